The number of hydrogen-bond donors (Lipinski definition) is 1. The van der Waals surface area contributed by atoms with Crippen LogP contribution in [0.4, 0.5) is 0 Å². The lowest BCUT2D eigenvalue weighted by atomic mass is 9.97. The molecule has 2 rings (SSSR count). The van der Waals surface area contributed by atoms with Gasteiger partial charge in [-0.3, -0.25) is 4.79 Å². The molecule has 18 heavy (non-hydrogen) atoms. The molecule has 0 spiro atoms. The molecule has 1 unspecified atom stereocenters. The van der Waals surface area contributed by atoms with Crippen molar-refractivity contribution in [2.45, 2.75) is 31.6 Å². The van der Waals surface area contributed by atoms with Crippen LogP contribution in [0.2, 0.25) is 0 Å². The number of carbonyl (C=O) groups excluding carboxylic acids is 1. The molecule has 98 valence electrons. The van der Waals surface area contributed by atoms with Crippen molar-refractivity contribution in [1.29, 1.82) is 0 Å². The average Bonchev–Trinajstić information content (AvgIpc) is 2.69. The third-order valence-corrected chi connectivity index (χ3v) is 3.65. The zero-order valence-corrected chi connectivity index (χ0v) is 10.8. The zero-order chi connectivity index (χ0) is 12.8. The Morgan fingerprint density at radius 1 is 1.11 bits per heavy atom. The summed E-state index contributed by atoms with van der Waals surface area (Å²) in [5, 5.41) is 0. The van der Waals surface area contributed by atoms with Crippen LogP contribution in [-0.2, 0) is 4.79 Å². The Morgan fingerprint density at radius 3 is 2.28 bits per heavy atom. The Balaban J connectivity index is 2.09. The molecular formula is C15H22N2O. The maximum Gasteiger partial charge on any atom is 0.231 e. The molecule has 1 fully saturated rings. The predicted molar refractivity (Wildman–Crippen MR) is 73.3 cm³/mol. The highest BCUT2D eigenvalue weighted by Crippen LogP contribution is 2.19. The van der Waals surface area contributed by atoms with Crippen molar-refractivity contribution in [2.24, 2.45) is 5.73 Å². The predicted octanol–water partition coefficient (Wildman–Crippen LogP) is 2.13. The number of rotatable bonds is 3. The minimum atomic E-state index is -0.177. The van der Waals surface area contributed by atoms with Gasteiger partial charge in [0.1, 0.15) is 0 Å². The van der Waals surface area contributed by atoms with Crippen LogP contribution in [0, 0.1) is 0 Å². The number of nitrogens with zero attached hydrogens (tertiary/aromatic N) is 1. The first-order valence-corrected chi connectivity index (χ1v) is 6.86. The lowest BCUT2D eigenvalue weighted by molar-refractivity contribution is -0.132. The molecule has 0 saturated carbocycles. The van der Waals surface area contributed by atoms with E-state index in [4.69, 9.17) is 5.73 Å². The number of carbonyl (C=O) groups is 1. The van der Waals surface area contributed by atoms with E-state index >= 15 is 0 Å². The maximum absolute atomic E-state index is 12.5. The number of amides is 1. The molecule has 1 aromatic rings. The summed E-state index contributed by atoms with van der Waals surface area (Å²) in [6, 6.07) is 9.88. The first-order chi connectivity index (χ1) is 8.83. The van der Waals surface area contributed by atoms with E-state index in [0.717, 1.165) is 31.5 Å². The van der Waals surface area contributed by atoms with Crippen LogP contribution in [0.3, 0.4) is 0 Å². The molecule has 0 radical (unpaired) electrons. The van der Waals surface area contributed by atoms with Gasteiger partial charge in [-0.1, -0.05) is 43.2 Å². The van der Waals surface area contributed by atoms with Crippen LogP contribution in [0.1, 0.15) is 37.2 Å². The van der Waals surface area contributed by atoms with Crippen LogP contribution in [0.25, 0.3) is 0 Å². The van der Waals surface area contributed by atoms with Gasteiger partial charge in [0.25, 0.3) is 0 Å². The van der Waals surface area contributed by atoms with Gasteiger partial charge in [0.15, 0.2) is 0 Å². The molecule has 1 saturated heterocycles. The molecule has 1 aliphatic rings. The van der Waals surface area contributed by atoms with E-state index in [1.54, 1.807) is 0 Å². The number of nitrogens with two attached hydrogens (primary N) is 1. The van der Waals surface area contributed by atoms with E-state index in [9.17, 15) is 4.79 Å². The van der Waals surface area contributed by atoms with Gasteiger partial charge in [0.05, 0.1) is 5.92 Å². The van der Waals surface area contributed by atoms with E-state index in [-0.39, 0.29) is 11.8 Å². The van der Waals surface area contributed by atoms with Crippen LogP contribution in [0.15, 0.2) is 30.3 Å². The Morgan fingerprint density at radius 2 is 1.72 bits per heavy atom. The van der Waals surface area contributed by atoms with E-state index < -0.39 is 0 Å². The van der Waals surface area contributed by atoms with Gasteiger partial charge >= 0.3 is 0 Å². The zero-order valence-electron chi connectivity index (χ0n) is 10.8. The molecule has 2 N–H and O–H groups in total. The molecule has 1 aliphatic heterocycles. The Kier molecular flexibility index (Phi) is 4.76. The molecule has 3 nitrogen and oxygen atoms in total. The van der Waals surface area contributed by atoms with Gasteiger partial charge in [-0.15, -0.1) is 0 Å². The fourth-order valence-corrected chi connectivity index (χ4v) is 2.58. The highest BCUT2D eigenvalue weighted by atomic mass is 16.2. The molecule has 0 bridgehead atoms. The van der Waals surface area contributed by atoms with Crippen LogP contribution >= 0.6 is 0 Å². The number of likely N-dealkylation sites (tertiary alicyclic amines) is 1. The minimum Gasteiger partial charge on any atom is -0.342 e. The summed E-state index contributed by atoms with van der Waals surface area (Å²) in [4.78, 5) is 14.5. The normalized spacial score (nSPS) is 18.2. The number of benzene rings is 1. The quantitative estimate of drug-likeness (QED) is 0.888. The van der Waals surface area contributed by atoms with Crippen molar-refractivity contribution in [3.8, 4) is 0 Å². The number of hydrogen-bond acceptors (Lipinski definition) is 2. The summed E-state index contributed by atoms with van der Waals surface area (Å²) in [6.07, 6.45) is 4.72. The lowest BCUT2D eigenvalue weighted by Gasteiger charge is -2.25. The standard InChI is InChI=1S/C15H22N2O/c16-12-14(13-8-4-3-5-9-13)15(18)17-10-6-1-2-7-11-17/h3-5,8-9,14H,1-2,6-7,10-12,16H2. The summed E-state index contributed by atoms with van der Waals surface area (Å²) in [7, 11) is 0. The Bertz CT molecular complexity index is 369. The summed E-state index contributed by atoms with van der Waals surface area (Å²) >= 11 is 0. The van der Waals surface area contributed by atoms with Crippen molar-refractivity contribution in [3.63, 3.8) is 0 Å². The first-order valence-electron chi connectivity index (χ1n) is 6.86. The maximum atomic E-state index is 12.5. The molecule has 1 aromatic carbocycles. The SMILES string of the molecule is NCC(C(=O)N1CCCCCC1)c1ccccc1. The summed E-state index contributed by atoms with van der Waals surface area (Å²) in [6.45, 7) is 2.17. The van der Waals surface area contributed by atoms with Gasteiger partial charge in [0, 0.05) is 19.6 Å². The fourth-order valence-electron chi connectivity index (χ4n) is 2.58. The van der Waals surface area contributed by atoms with E-state index in [1.807, 2.05) is 35.2 Å². The van der Waals surface area contributed by atoms with Crippen molar-refractivity contribution in [3.05, 3.63) is 35.9 Å². The van der Waals surface area contributed by atoms with Crippen molar-refractivity contribution >= 4 is 5.91 Å². The van der Waals surface area contributed by atoms with E-state index in [0.29, 0.717) is 6.54 Å². The molecular weight excluding hydrogens is 224 g/mol. The second-order valence-electron chi connectivity index (χ2n) is 4.94. The molecule has 1 heterocycles. The monoisotopic (exact) mass is 246 g/mol. The Labute approximate surface area is 109 Å². The van der Waals surface area contributed by atoms with Gasteiger partial charge in [-0.2, -0.15) is 0 Å². The third-order valence-electron chi connectivity index (χ3n) is 3.65. The van der Waals surface area contributed by atoms with Gasteiger partial charge in [0.2, 0.25) is 5.91 Å². The second-order valence-corrected chi connectivity index (χ2v) is 4.94. The van der Waals surface area contributed by atoms with Gasteiger partial charge in [-0.25, -0.2) is 0 Å². The first kappa shape index (κ1) is 13.1. The fraction of sp³-hybridized carbons (Fsp3) is 0.533. The Hall–Kier alpha value is -1.35. The third kappa shape index (κ3) is 3.10. The van der Waals surface area contributed by atoms with E-state index in [1.165, 1.54) is 12.8 Å². The van der Waals surface area contributed by atoms with Crippen molar-refractivity contribution in [2.75, 3.05) is 19.6 Å². The average molecular weight is 246 g/mol. The van der Waals surface area contributed by atoms with Crippen LogP contribution < -0.4 is 5.73 Å². The summed E-state index contributed by atoms with van der Waals surface area (Å²) in [5.41, 5.74) is 6.84. The van der Waals surface area contributed by atoms with Crippen molar-refractivity contribution in [1.82, 2.24) is 4.90 Å². The summed E-state index contributed by atoms with van der Waals surface area (Å²) < 4.78 is 0. The lowest BCUT2D eigenvalue weighted by Crippen LogP contribution is -2.38. The van der Waals surface area contributed by atoms with Gasteiger partial charge in [-0.05, 0) is 18.4 Å². The van der Waals surface area contributed by atoms with Crippen LogP contribution in [0.5, 0.6) is 0 Å². The summed E-state index contributed by atoms with van der Waals surface area (Å²) in [5.74, 6) is 0.0231. The second kappa shape index (κ2) is 6.55. The molecule has 3 heteroatoms. The molecule has 0 aliphatic carbocycles. The smallest absolute Gasteiger partial charge is 0.231 e. The van der Waals surface area contributed by atoms with E-state index in [2.05, 4.69) is 0 Å². The van der Waals surface area contributed by atoms with Crippen LogP contribution in [-0.4, -0.2) is 30.4 Å². The molecule has 1 amide bonds. The minimum absolute atomic E-state index is 0.177. The van der Waals surface area contributed by atoms with Crippen molar-refractivity contribution < 1.29 is 4.79 Å². The van der Waals surface area contributed by atoms with Gasteiger partial charge < -0.3 is 10.6 Å². The molecule has 0 aromatic heterocycles. The topological polar surface area (TPSA) is 46.3 Å². The highest BCUT2D eigenvalue weighted by Gasteiger charge is 2.24. The largest absolute Gasteiger partial charge is 0.342 e. The molecule has 1 atom stereocenters. The highest BCUT2D eigenvalue weighted by molar-refractivity contribution is 5.84.